The highest BCUT2D eigenvalue weighted by Gasteiger charge is 2.32. The molecule has 1 amide bonds. The molecule has 0 radical (unpaired) electrons. The van der Waals surface area contributed by atoms with Crippen molar-refractivity contribution < 1.29 is 13.9 Å². The molecule has 0 bridgehead atoms. The van der Waals surface area contributed by atoms with Gasteiger partial charge in [-0.05, 0) is 0 Å². The van der Waals surface area contributed by atoms with Gasteiger partial charge in [-0.15, -0.1) is 11.3 Å². The van der Waals surface area contributed by atoms with Crippen molar-refractivity contribution >= 4 is 17.2 Å². The molecule has 0 aliphatic carbocycles. The summed E-state index contributed by atoms with van der Waals surface area (Å²) >= 11 is 1.37. The summed E-state index contributed by atoms with van der Waals surface area (Å²) in [5, 5.41) is 9.10. The Hall–Kier alpha value is -1.80. The number of carbonyl (C=O) groups is 1. The molecule has 1 fully saturated rings. The van der Waals surface area contributed by atoms with Crippen LogP contribution >= 0.6 is 11.3 Å². The third kappa shape index (κ3) is 3.33. The average Bonchev–Trinajstić information content (AvgIpc) is 3.14. The van der Waals surface area contributed by atoms with Crippen molar-refractivity contribution in [2.75, 3.05) is 19.8 Å². The molecule has 0 unspecified atom stereocenters. The largest absolute Gasteiger partial charge is 0.381 e. The minimum atomic E-state index is -1.38. The van der Waals surface area contributed by atoms with E-state index in [1.807, 2.05) is 13.2 Å². The molecule has 3 heterocycles. The van der Waals surface area contributed by atoms with E-state index in [1.165, 1.54) is 11.3 Å². The molecule has 0 spiro atoms. The Morgan fingerprint density at radius 2 is 2.32 bits per heavy atom. The zero-order valence-corrected chi connectivity index (χ0v) is 13.0. The summed E-state index contributed by atoms with van der Waals surface area (Å²) in [7, 11) is 1.82. The van der Waals surface area contributed by atoms with Crippen molar-refractivity contribution in [1.29, 1.82) is 0 Å². The van der Waals surface area contributed by atoms with Gasteiger partial charge in [0, 0.05) is 50.2 Å². The highest BCUT2D eigenvalue weighted by atomic mass is 32.1. The highest BCUT2D eigenvalue weighted by molar-refractivity contribution is 7.13. The normalized spacial score (nSPS) is 17.4. The minimum Gasteiger partial charge on any atom is -0.381 e. The number of carbonyl (C=O) groups excluding carboxylic acids is 1. The van der Waals surface area contributed by atoms with Crippen LogP contribution in [-0.4, -0.2) is 46.1 Å². The molecule has 1 N–H and O–H groups in total. The van der Waals surface area contributed by atoms with Gasteiger partial charge in [0.2, 0.25) is 0 Å². The minimum absolute atomic E-state index is 0.00501. The molecule has 8 heteroatoms. The van der Waals surface area contributed by atoms with E-state index in [4.69, 9.17) is 4.74 Å². The number of ether oxygens (including phenoxy) is 1. The highest BCUT2D eigenvalue weighted by Crippen LogP contribution is 2.25. The van der Waals surface area contributed by atoms with Crippen LogP contribution in [-0.2, 0) is 11.8 Å². The van der Waals surface area contributed by atoms with Gasteiger partial charge in [0.25, 0.3) is 5.91 Å². The number of nitrogens with one attached hydrogen (secondary N) is 1. The third-order valence-corrected chi connectivity index (χ3v) is 4.53. The van der Waals surface area contributed by atoms with E-state index in [0.29, 0.717) is 31.7 Å². The zero-order valence-electron chi connectivity index (χ0n) is 12.2. The number of thiazole rings is 1. The topological polar surface area (TPSA) is 69.0 Å². The van der Waals surface area contributed by atoms with Gasteiger partial charge in [-0.25, -0.2) is 9.37 Å². The number of hydrogen-bond donors (Lipinski definition) is 1. The summed E-state index contributed by atoms with van der Waals surface area (Å²) in [5.41, 5.74) is -0.215. The zero-order chi connectivity index (χ0) is 15.6. The summed E-state index contributed by atoms with van der Waals surface area (Å²) in [4.78, 5) is 16.4. The Balaban J connectivity index is 1.62. The van der Waals surface area contributed by atoms with Gasteiger partial charge >= 0.3 is 0 Å². The molecule has 3 rings (SSSR count). The van der Waals surface area contributed by atoms with Crippen molar-refractivity contribution in [2.45, 2.75) is 18.5 Å². The first-order chi connectivity index (χ1) is 10.6. The number of amides is 1. The number of rotatable bonds is 4. The number of alkyl halides is 1. The fourth-order valence-corrected chi connectivity index (χ4v) is 3.06. The molecule has 1 aliphatic heterocycles. The fraction of sp³-hybridized carbons (Fsp3) is 0.500. The Bertz CT molecular complexity index is 663. The first-order valence-electron chi connectivity index (χ1n) is 7.05. The van der Waals surface area contributed by atoms with Gasteiger partial charge in [0.05, 0.1) is 12.7 Å². The predicted octanol–water partition coefficient (Wildman–Crippen LogP) is 1.79. The molecular weight excluding hydrogens is 307 g/mol. The fourth-order valence-electron chi connectivity index (χ4n) is 2.29. The maximum Gasteiger partial charge on any atom is 0.270 e. The van der Waals surface area contributed by atoms with E-state index in [-0.39, 0.29) is 12.5 Å². The van der Waals surface area contributed by atoms with Crippen molar-refractivity contribution in [1.82, 2.24) is 20.1 Å². The van der Waals surface area contributed by atoms with Gasteiger partial charge in [-0.1, -0.05) is 0 Å². The number of aryl methyl sites for hydroxylation is 1. The second-order valence-corrected chi connectivity index (χ2v) is 6.24. The molecule has 2 aromatic heterocycles. The molecule has 0 saturated carbocycles. The number of halogens is 1. The average molecular weight is 324 g/mol. The molecule has 1 aliphatic rings. The lowest BCUT2D eigenvalue weighted by Gasteiger charge is -2.29. The Kier molecular flexibility index (Phi) is 4.21. The summed E-state index contributed by atoms with van der Waals surface area (Å²) in [6, 6.07) is 0. The lowest BCUT2D eigenvalue weighted by molar-refractivity contribution is -0.00739. The molecule has 6 nitrogen and oxygen atoms in total. The van der Waals surface area contributed by atoms with Crippen LogP contribution in [0.4, 0.5) is 4.39 Å². The standard InChI is InChI=1S/C14H17FN4O2S/c1-19-7-10(6-17-19)13-18-11(8-22-13)12(20)16-9-14(15)2-4-21-5-3-14/h6-8H,2-5,9H2,1H3,(H,16,20). The second kappa shape index (κ2) is 6.13. The summed E-state index contributed by atoms with van der Waals surface area (Å²) in [6.07, 6.45) is 4.15. The van der Waals surface area contributed by atoms with Crippen LogP contribution in [0.1, 0.15) is 23.3 Å². The summed E-state index contributed by atoms with van der Waals surface area (Å²) < 4.78 is 21.2. The number of hydrogen-bond acceptors (Lipinski definition) is 5. The van der Waals surface area contributed by atoms with Crippen molar-refractivity contribution in [3.05, 3.63) is 23.5 Å². The molecule has 2 aromatic rings. The van der Waals surface area contributed by atoms with E-state index in [0.717, 1.165) is 10.6 Å². The van der Waals surface area contributed by atoms with Crippen LogP contribution in [0.15, 0.2) is 17.8 Å². The van der Waals surface area contributed by atoms with Gasteiger partial charge in [0.1, 0.15) is 16.4 Å². The summed E-state index contributed by atoms with van der Waals surface area (Å²) in [5.74, 6) is -0.352. The smallest absolute Gasteiger partial charge is 0.270 e. The quantitative estimate of drug-likeness (QED) is 0.931. The van der Waals surface area contributed by atoms with E-state index >= 15 is 0 Å². The van der Waals surface area contributed by atoms with Crippen molar-refractivity contribution in [2.24, 2.45) is 7.05 Å². The summed E-state index contributed by atoms with van der Waals surface area (Å²) in [6.45, 7) is 0.789. The second-order valence-electron chi connectivity index (χ2n) is 5.39. The molecule has 118 valence electrons. The maximum absolute atomic E-state index is 14.4. The molecule has 0 aromatic carbocycles. The Morgan fingerprint density at radius 1 is 1.55 bits per heavy atom. The third-order valence-electron chi connectivity index (χ3n) is 3.64. The van der Waals surface area contributed by atoms with Crippen LogP contribution in [0.2, 0.25) is 0 Å². The van der Waals surface area contributed by atoms with Gasteiger partial charge < -0.3 is 10.1 Å². The monoisotopic (exact) mass is 324 g/mol. The van der Waals surface area contributed by atoms with Crippen molar-refractivity contribution in [3.63, 3.8) is 0 Å². The number of aromatic nitrogens is 3. The van der Waals surface area contributed by atoms with Crippen molar-refractivity contribution in [3.8, 4) is 10.6 Å². The number of nitrogens with zero attached hydrogens (tertiary/aromatic N) is 3. The van der Waals surface area contributed by atoms with Crippen LogP contribution in [0, 0.1) is 0 Å². The lowest BCUT2D eigenvalue weighted by Crippen LogP contribution is -2.43. The SMILES string of the molecule is Cn1cc(-c2nc(C(=O)NCC3(F)CCOCC3)cs2)cn1. The predicted molar refractivity (Wildman–Crippen MR) is 80.5 cm³/mol. The lowest BCUT2D eigenvalue weighted by atomic mass is 9.96. The molecule has 1 saturated heterocycles. The maximum atomic E-state index is 14.4. The first-order valence-corrected chi connectivity index (χ1v) is 7.93. The molecular formula is C14H17FN4O2S. The van der Waals surface area contributed by atoms with E-state index < -0.39 is 5.67 Å². The van der Waals surface area contributed by atoms with Crippen LogP contribution < -0.4 is 5.32 Å². The van der Waals surface area contributed by atoms with E-state index in [1.54, 1.807) is 16.3 Å². The van der Waals surface area contributed by atoms with Crippen LogP contribution in [0.3, 0.4) is 0 Å². The van der Waals surface area contributed by atoms with Gasteiger partial charge in [-0.2, -0.15) is 5.10 Å². The first kappa shape index (κ1) is 15.1. The van der Waals surface area contributed by atoms with Gasteiger partial charge in [0.15, 0.2) is 0 Å². The van der Waals surface area contributed by atoms with E-state index in [9.17, 15) is 9.18 Å². The Labute approximate surface area is 131 Å². The van der Waals surface area contributed by atoms with E-state index in [2.05, 4.69) is 15.4 Å². The molecule has 0 atom stereocenters. The molecule has 22 heavy (non-hydrogen) atoms. The van der Waals surface area contributed by atoms with Crippen LogP contribution in [0.25, 0.3) is 10.6 Å². The van der Waals surface area contributed by atoms with Gasteiger partial charge in [-0.3, -0.25) is 9.48 Å². The Morgan fingerprint density at radius 3 is 3.00 bits per heavy atom. The van der Waals surface area contributed by atoms with Crippen LogP contribution in [0.5, 0.6) is 0 Å².